The molecule has 0 aliphatic heterocycles. The van der Waals surface area contributed by atoms with Gasteiger partial charge in [0, 0.05) is 18.4 Å². The van der Waals surface area contributed by atoms with Gasteiger partial charge in [0.15, 0.2) is 0 Å². The molecule has 1 aliphatic rings. The fourth-order valence-electron chi connectivity index (χ4n) is 2.87. The van der Waals surface area contributed by atoms with Crippen molar-refractivity contribution in [1.82, 2.24) is 10.3 Å². The van der Waals surface area contributed by atoms with Crippen molar-refractivity contribution in [2.24, 2.45) is 5.92 Å². The normalized spacial score (nSPS) is 18.9. The van der Waals surface area contributed by atoms with E-state index in [4.69, 9.17) is 0 Å². The second-order valence-corrected chi connectivity index (χ2v) is 4.81. The third-order valence-corrected chi connectivity index (χ3v) is 3.69. The molecule has 1 N–H and O–H groups in total. The Labute approximate surface area is 98.5 Å². The molecule has 1 unspecified atom stereocenters. The van der Waals surface area contributed by atoms with Gasteiger partial charge in [-0.2, -0.15) is 0 Å². The van der Waals surface area contributed by atoms with E-state index in [1.165, 1.54) is 36.8 Å². The number of aromatic nitrogens is 1. The summed E-state index contributed by atoms with van der Waals surface area (Å²) in [5, 5.41) is 3.65. The van der Waals surface area contributed by atoms with Crippen LogP contribution < -0.4 is 5.32 Å². The Morgan fingerprint density at radius 2 is 2.19 bits per heavy atom. The summed E-state index contributed by atoms with van der Waals surface area (Å²) in [6.45, 7) is 5.41. The molecule has 1 aromatic rings. The van der Waals surface area contributed by atoms with Crippen molar-refractivity contribution in [3.63, 3.8) is 0 Å². The maximum absolute atomic E-state index is 4.19. The van der Waals surface area contributed by atoms with E-state index in [-0.39, 0.29) is 0 Å². The molecule has 2 nitrogen and oxygen atoms in total. The highest BCUT2D eigenvalue weighted by molar-refractivity contribution is 5.26. The Morgan fingerprint density at radius 1 is 1.44 bits per heavy atom. The summed E-state index contributed by atoms with van der Waals surface area (Å²) in [5.41, 5.74) is 2.77. The lowest BCUT2D eigenvalue weighted by Gasteiger charge is -2.26. The first-order valence-electron chi connectivity index (χ1n) is 6.46. The fourth-order valence-corrected chi connectivity index (χ4v) is 2.87. The highest BCUT2D eigenvalue weighted by Gasteiger charge is 2.26. The molecule has 0 amide bonds. The van der Waals surface area contributed by atoms with Gasteiger partial charge in [0.05, 0.1) is 0 Å². The molecule has 0 spiro atoms. The number of nitrogens with one attached hydrogen (secondary N) is 1. The van der Waals surface area contributed by atoms with Crippen LogP contribution in [0.2, 0.25) is 0 Å². The van der Waals surface area contributed by atoms with Crippen molar-refractivity contribution in [2.45, 2.75) is 45.6 Å². The van der Waals surface area contributed by atoms with E-state index < -0.39 is 0 Å². The molecule has 1 aromatic heterocycles. The highest BCUT2D eigenvalue weighted by Crippen LogP contribution is 2.36. The van der Waals surface area contributed by atoms with E-state index in [1.807, 2.05) is 12.4 Å². The van der Waals surface area contributed by atoms with E-state index in [0.29, 0.717) is 6.04 Å². The van der Waals surface area contributed by atoms with Gasteiger partial charge in [0.2, 0.25) is 0 Å². The Balaban J connectivity index is 2.21. The standard InChI is InChI=1S/C14H22N2/c1-3-16-14(12-6-4-5-7-12)13-8-9-15-10-11(13)2/h8-10,12,14,16H,3-7H2,1-2H3. The Kier molecular flexibility index (Phi) is 3.94. The fraction of sp³-hybridized carbons (Fsp3) is 0.643. The van der Waals surface area contributed by atoms with Gasteiger partial charge in [-0.3, -0.25) is 4.98 Å². The zero-order valence-corrected chi connectivity index (χ0v) is 10.4. The quantitative estimate of drug-likeness (QED) is 0.839. The van der Waals surface area contributed by atoms with E-state index in [1.54, 1.807) is 0 Å². The maximum atomic E-state index is 4.19. The smallest absolute Gasteiger partial charge is 0.0352 e. The average Bonchev–Trinajstić information content (AvgIpc) is 2.80. The lowest BCUT2D eigenvalue weighted by atomic mass is 9.90. The minimum absolute atomic E-state index is 0.538. The summed E-state index contributed by atoms with van der Waals surface area (Å²) < 4.78 is 0. The largest absolute Gasteiger partial charge is 0.310 e. The van der Waals surface area contributed by atoms with Gasteiger partial charge in [0.1, 0.15) is 0 Å². The van der Waals surface area contributed by atoms with Crippen LogP contribution in [0.25, 0.3) is 0 Å². The second-order valence-electron chi connectivity index (χ2n) is 4.81. The van der Waals surface area contributed by atoms with E-state index in [9.17, 15) is 0 Å². The van der Waals surface area contributed by atoms with Gasteiger partial charge in [-0.05, 0) is 49.4 Å². The third kappa shape index (κ3) is 2.43. The van der Waals surface area contributed by atoms with Crippen molar-refractivity contribution < 1.29 is 0 Å². The molecule has 0 radical (unpaired) electrons. The van der Waals surface area contributed by atoms with Crippen LogP contribution in [0.4, 0.5) is 0 Å². The molecule has 2 rings (SSSR count). The first kappa shape index (κ1) is 11.6. The van der Waals surface area contributed by atoms with E-state index >= 15 is 0 Å². The second kappa shape index (κ2) is 5.44. The van der Waals surface area contributed by atoms with Gasteiger partial charge in [-0.15, -0.1) is 0 Å². The van der Waals surface area contributed by atoms with Crippen molar-refractivity contribution in [1.29, 1.82) is 0 Å². The van der Waals surface area contributed by atoms with Gasteiger partial charge < -0.3 is 5.32 Å². The van der Waals surface area contributed by atoms with Crippen LogP contribution in [0, 0.1) is 12.8 Å². The summed E-state index contributed by atoms with van der Waals surface area (Å²) in [5.74, 6) is 0.820. The first-order chi connectivity index (χ1) is 7.83. The highest BCUT2D eigenvalue weighted by atomic mass is 14.9. The van der Waals surface area contributed by atoms with E-state index in [0.717, 1.165) is 12.5 Å². The number of hydrogen-bond donors (Lipinski definition) is 1. The van der Waals surface area contributed by atoms with Crippen LogP contribution in [-0.2, 0) is 0 Å². The number of nitrogens with zero attached hydrogens (tertiary/aromatic N) is 1. The van der Waals surface area contributed by atoms with Crippen LogP contribution in [0.15, 0.2) is 18.5 Å². The minimum Gasteiger partial charge on any atom is -0.310 e. The topological polar surface area (TPSA) is 24.9 Å². The zero-order chi connectivity index (χ0) is 11.4. The van der Waals surface area contributed by atoms with Gasteiger partial charge >= 0.3 is 0 Å². The molecule has 0 aromatic carbocycles. The van der Waals surface area contributed by atoms with Gasteiger partial charge in [0.25, 0.3) is 0 Å². The Morgan fingerprint density at radius 3 is 2.81 bits per heavy atom. The minimum atomic E-state index is 0.538. The number of pyridine rings is 1. The van der Waals surface area contributed by atoms with Gasteiger partial charge in [-0.25, -0.2) is 0 Å². The molecule has 2 heteroatoms. The van der Waals surface area contributed by atoms with Gasteiger partial charge in [-0.1, -0.05) is 19.8 Å². The van der Waals surface area contributed by atoms with Crippen LogP contribution in [0.5, 0.6) is 0 Å². The zero-order valence-electron chi connectivity index (χ0n) is 10.4. The summed E-state index contributed by atoms with van der Waals surface area (Å²) in [6.07, 6.45) is 9.45. The molecule has 88 valence electrons. The van der Waals surface area contributed by atoms with E-state index in [2.05, 4.69) is 30.2 Å². The molecule has 1 saturated carbocycles. The molecule has 1 heterocycles. The Bertz CT molecular complexity index is 329. The first-order valence-corrected chi connectivity index (χ1v) is 6.46. The monoisotopic (exact) mass is 218 g/mol. The molecule has 0 bridgehead atoms. The summed E-state index contributed by atoms with van der Waals surface area (Å²) in [6, 6.07) is 2.72. The molecule has 0 saturated heterocycles. The number of rotatable bonds is 4. The number of aryl methyl sites for hydroxylation is 1. The van der Waals surface area contributed by atoms with Crippen LogP contribution in [0.3, 0.4) is 0 Å². The molecule has 1 aliphatic carbocycles. The van der Waals surface area contributed by atoms with Crippen molar-refractivity contribution in [3.8, 4) is 0 Å². The average molecular weight is 218 g/mol. The molecular formula is C14H22N2. The molecular weight excluding hydrogens is 196 g/mol. The van der Waals surface area contributed by atoms with Crippen LogP contribution >= 0.6 is 0 Å². The molecule has 16 heavy (non-hydrogen) atoms. The lowest BCUT2D eigenvalue weighted by Crippen LogP contribution is -2.27. The summed E-state index contributed by atoms with van der Waals surface area (Å²) in [4.78, 5) is 4.19. The predicted molar refractivity (Wildman–Crippen MR) is 67.3 cm³/mol. The predicted octanol–water partition coefficient (Wildman–Crippen LogP) is 3.23. The van der Waals surface area contributed by atoms with Crippen LogP contribution in [-0.4, -0.2) is 11.5 Å². The summed E-state index contributed by atoms with van der Waals surface area (Å²) >= 11 is 0. The maximum Gasteiger partial charge on any atom is 0.0352 e. The summed E-state index contributed by atoms with van der Waals surface area (Å²) in [7, 11) is 0. The molecule has 1 fully saturated rings. The van der Waals surface area contributed by atoms with Crippen molar-refractivity contribution in [2.75, 3.05) is 6.54 Å². The SMILES string of the molecule is CCNC(c1ccncc1C)C1CCCC1. The van der Waals surface area contributed by atoms with Crippen molar-refractivity contribution >= 4 is 0 Å². The molecule has 1 atom stereocenters. The Hall–Kier alpha value is -0.890. The van der Waals surface area contributed by atoms with Crippen molar-refractivity contribution in [3.05, 3.63) is 29.6 Å². The number of hydrogen-bond acceptors (Lipinski definition) is 2. The lowest BCUT2D eigenvalue weighted by molar-refractivity contribution is 0.373. The van der Waals surface area contributed by atoms with Crippen LogP contribution in [0.1, 0.15) is 49.8 Å². The third-order valence-electron chi connectivity index (χ3n) is 3.69.